The highest BCUT2D eigenvalue weighted by Gasteiger charge is 2.33. The van der Waals surface area contributed by atoms with Crippen LogP contribution in [0, 0.1) is 11.8 Å². The first-order valence-corrected chi connectivity index (χ1v) is 18.6. The third-order valence-corrected chi connectivity index (χ3v) is 12.7. The number of carbonyl (C=O) groups is 2. The number of ether oxygens (including phenoxy) is 2. The molecule has 1 rings (SSSR count). The van der Waals surface area contributed by atoms with Crippen LogP contribution in [0.15, 0.2) is 30.3 Å². The SMILES string of the molecule is CCCCCC(CCC(C)C(=O)OCCC[Si](C)(C)O[Si](C)(C)OC)C(=O)Oc1ccccc1. The van der Waals surface area contributed by atoms with Gasteiger partial charge in [-0.25, -0.2) is 0 Å². The molecule has 0 aliphatic rings. The van der Waals surface area contributed by atoms with Gasteiger partial charge in [-0.05, 0) is 70.0 Å². The minimum Gasteiger partial charge on any atom is -0.465 e. The normalized spacial score (nSPS) is 13.9. The van der Waals surface area contributed by atoms with Gasteiger partial charge in [0.2, 0.25) is 0 Å². The summed E-state index contributed by atoms with van der Waals surface area (Å²) in [4.78, 5) is 25.3. The van der Waals surface area contributed by atoms with Crippen LogP contribution in [0.4, 0.5) is 0 Å². The fourth-order valence-electron chi connectivity index (χ4n) is 3.85. The molecule has 0 N–H and O–H groups in total. The van der Waals surface area contributed by atoms with E-state index in [0.29, 0.717) is 25.2 Å². The summed E-state index contributed by atoms with van der Waals surface area (Å²) < 4.78 is 22.9. The van der Waals surface area contributed by atoms with Gasteiger partial charge in [0.25, 0.3) is 0 Å². The van der Waals surface area contributed by atoms with Gasteiger partial charge in [0.15, 0.2) is 8.32 Å². The molecular formula is C26H46O6Si2. The lowest BCUT2D eigenvalue weighted by Gasteiger charge is -2.32. The molecule has 2 atom stereocenters. The molecule has 6 nitrogen and oxygen atoms in total. The van der Waals surface area contributed by atoms with E-state index < -0.39 is 16.9 Å². The lowest BCUT2D eigenvalue weighted by atomic mass is 9.92. The zero-order valence-corrected chi connectivity index (χ0v) is 24.4. The highest BCUT2D eigenvalue weighted by Crippen LogP contribution is 2.23. The van der Waals surface area contributed by atoms with Crippen molar-refractivity contribution in [1.29, 1.82) is 0 Å². The molecule has 0 saturated heterocycles. The summed E-state index contributed by atoms with van der Waals surface area (Å²) >= 11 is 0. The van der Waals surface area contributed by atoms with Gasteiger partial charge in [-0.3, -0.25) is 9.59 Å². The van der Waals surface area contributed by atoms with Gasteiger partial charge in [-0.2, -0.15) is 0 Å². The Morgan fingerprint density at radius 3 is 2.21 bits per heavy atom. The topological polar surface area (TPSA) is 71.1 Å². The lowest BCUT2D eigenvalue weighted by molar-refractivity contribution is -0.149. The first-order chi connectivity index (χ1) is 16.0. The van der Waals surface area contributed by atoms with Crippen molar-refractivity contribution in [1.82, 2.24) is 0 Å². The fourth-order valence-corrected chi connectivity index (χ4v) is 10.9. The summed E-state index contributed by atoms with van der Waals surface area (Å²) in [6.45, 7) is 12.9. The van der Waals surface area contributed by atoms with E-state index in [1.807, 2.05) is 25.1 Å². The molecule has 0 saturated carbocycles. The van der Waals surface area contributed by atoms with Crippen LogP contribution in [0.2, 0.25) is 32.2 Å². The molecule has 1 aromatic carbocycles. The Kier molecular flexibility index (Phi) is 13.9. The van der Waals surface area contributed by atoms with Gasteiger partial charge in [-0.1, -0.05) is 51.3 Å². The van der Waals surface area contributed by atoms with Crippen LogP contribution in [0.5, 0.6) is 5.75 Å². The molecule has 0 radical (unpaired) electrons. The Labute approximate surface area is 209 Å². The molecule has 34 heavy (non-hydrogen) atoms. The first kappa shape index (κ1) is 30.5. The number of carbonyl (C=O) groups excluding carboxylic acids is 2. The van der Waals surface area contributed by atoms with Gasteiger partial charge in [-0.15, -0.1) is 0 Å². The number of benzene rings is 1. The van der Waals surface area contributed by atoms with Crippen molar-refractivity contribution < 1.29 is 27.6 Å². The summed E-state index contributed by atoms with van der Waals surface area (Å²) in [5.74, 6) is -0.306. The average molecular weight is 511 g/mol. The van der Waals surface area contributed by atoms with E-state index in [1.165, 1.54) is 0 Å². The molecule has 0 fully saturated rings. The summed E-state index contributed by atoms with van der Waals surface area (Å²) in [6.07, 6.45) is 5.96. The van der Waals surface area contributed by atoms with E-state index >= 15 is 0 Å². The minimum atomic E-state index is -2.06. The second-order valence-corrected chi connectivity index (χ2v) is 18.2. The van der Waals surface area contributed by atoms with Gasteiger partial charge >= 0.3 is 20.5 Å². The van der Waals surface area contributed by atoms with Gasteiger partial charge in [0.1, 0.15) is 5.75 Å². The van der Waals surface area contributed by atoms with Crippen LogP contribution in [0.1, 0.15) is 58.8 Å². The molecule has 1 aromatic rings. The third-order valence-electron chi connectivity index (χ3n) is 5.98. The predicted molar refractivity (Wildman–Crippen MR) is 142 cm³/mol. The Bertz CT molecular complexity index is 723. The van der Waals surface area contributed by atoms with Crippen LogP contribution in [0.25, 0.3) is 0 Å². The van der Waals surface area contributed by atoms with Crippen molar-refractivity contribution in [2.45, 2.75) is 91.0 Å². The molecule has 0 heterocycles. The monoisotopic (exact) mass is 510 g/mol. The van der Waals surface area contributed by atoms with Crippen LogP contribution in [-0.4, -0.2) is 42.5 Å². The zero-order valence-electron chi connectivity index (χ0n) is 22.4. The fraction of sp³-hybridized carbons (Fsp3) is 0.692. The van der Waals surface area contributed by atoms with Crippen LogP contribution < -0.4 is 4.74 Å². The van der Waals surface area contributed by atoms with Crippen molar-refractivity contribution in [2.24, 2.45) is 11.8 Å². The quantitative estimate of drug-likeness (QED) is 0.100. The lowest BCUT2D eigenvalue weighted by Crippen LogP contribution is -2.45. The van der Waals surface area contributed by atoms with Crippen molar-refractivity contribution in [3.05, 3.63) is 30.3 Å². The molecule has 0 amide bonds. The number of esters is 2. The minimum absolute atomic E-state index is 0.198. The maximum Gasteiger partial charge on any atom is 0.321 e. The second kappa shape index (κ2) is 15.5. The van der Waals surface area contributed by atoms with Crippen molar-refractivity contribution in [3.8, 4) is 5.75 Å². The van der Waals surface area contributed by atoms with Crippen LogP contribution in [0.3, 0.4) is 0 Å². The molecule has 0 aliphatic heterocycles. The molecular weight excluding hydrogens is 464 g/mol. The maximum atomic E-state index is 12.8. The van der Waals surface area contributed by atoms with E-state index in [1.54, 1.807) is 19.2 Å². The Morgan fingerprint density at radius 2 is 1.59 bits per heavy atom. The molecule has 194 valence electrons. The molecule has 0 bridgehead atoms. The first-order valence-electron chi connectivity index (χ1n) is 12.7. The standard InChI is InChI=1S/C26H46O6Si2/c1-8-9-11-15-23(26(28)31-24-16-12-10-13-17-24)19-18-22(2)25(27)30-20-14-21-33(4,5)32-34(6,7)29-3/h10,12-13,16-17,22-23H,8-9,11,14-15,18-21H2,1-7H3. The van der Waals surface area contributed by atoms with E-state index in [9.17, 15) is 9.59 Å². The molecule has 2 unspecified atom stereocenters. The number of hydrogen-bond acceptors (Lipinski definition) is 6. The average Bonchev–Trinajstić information content (AvgIpc) is 2.78. The summed E-state index contributed by atoms with van der Waals surface area (Å²) in [7, 11) is -2.22. The largest absolute Gasteiger partial charge is 0.465 e. The summed E-state index contributed by atoms with van der Waals surface area (Å²) in [6, 6.07) is 10.1. The number of unbranched alkanes of at least 4 members (excludes halogenated alkanes) is 2. The van der Waals surface area contributed by atoms with Gasteiger partial charge in [0.05, 0.1) is 18.4 Å². The highest BCUT2D eigenvalue weighted by atomic mass is 28.4. The Morgan fingerprint density at radius 1 is 0.912 bits per heavy atom. The van der Waals surface area contributed by atoms with Crippen LogP contribution >= 0.6 is 0 Å². The van der Waals surface area contributed by atoms with E-state index in [0.717, 1.165) is 38.1 Å². The van der Waals surface area contributed by atoms with E-state index in [2.05, 4.69) is 33.1 Å². The summed E-state index contributed by atoms with van der Waals surface area (Å²) in [5.41, 5.74) is 0. The highest BCUT2D eigenvalue weighted by molar-refractivity contribution is 6.82. The number of hydrogen-bond donors (Lipinski definition) is 0. The smallest absolute Gasteiger partial charge is 0.321 e. The number of rotatable bonds is 17. The number of para-hydroxylation sites is 1. The molecule has 0 spiro atoms. The van der Waals surface area contributed by atoms with E-state index in [4.69, 9.17) is 18.0 Å². The molecule has 0 aromatic heterocycles. The third kappa shape index (κ3) is 12.8. The van der Waals surface area contributed by atoms with Gasteiger partial charge in [0, 0.05) is 7.11 Å². The zero-order chi connectivity index (χ0) is 25.6. The second-order valence-electron chi connectivity index (χ2n) is 10.1. The van der Waals surface area contributed by atoms with Crippen molar-refractivity contribution in [3.63, 3.8) is 0 Å². The molecule has 0 aliphatic carbocycles. The van der Waals surface area contributed by atoms with E-state index in [-0.39, 0.29) is 23.8 Å². The van der Waals surface area contributed by atoms with Crippen molar-refractivity contribution >= 4 is 28.8 Å². The predicted octanol–water partition coefficient (Wildman–Crippen LogP) is 6.71. The van der Waals surface area contributed by atoms with Gasteiger partial charge < -0.3 is 18.0 Å². The Hall–Kier alpha value is -1.49. The maximum absolute atomic E-state index is 12.8. The Balaban J connectivity index is 2.47. The summed E-state index contributed by atoms with van der Waals surface area (Å²) in [5, 5.41) is 0. The van der Waals surface area contributed by atoms with Crippen LogP contribution in [-0.2, 0) is 22.9 Å². The molecule has 8 heteroatoms. The van der Waals surface area contributed by atoms with Crippen molar-refractivity contribution in [2.75, 3.05) is 13.7 Å².